The second kappa shape index (κ2) is 3.76. The Morgan fingerprint density at radius 3 is 1.50 bits per heavy atom. The first-order valence-electron chi connectivity index (χ1n) is 6.39. The van der Waals surface area contributed by atoms with E-state index < -0.39 is 0 Å². The lowest BCUT2D eigenvalue weighted by Crippen LogP contribution is -2.17. The Hall–Kier alpha value is -1.05. The molecule has 0 unspecified atom stereocenters. The van der Waals surface area contributed by atoms with Gasteiger partial charge in [0.05, 0.1) is 0 Å². The number of halogens is 1. The summed E-state index contributed by atoms with van der Waals surface area (Å²) in [6.45, 7) is 0. The smallest absolute Gasteiger partial charge is 0.130 e. The van der Waals surface area contributed by atoms with Crippen LogP contribution in [0.25, 0.3) is 0 Å². The maximum atomic E-state index is 14.4. The molecule has 0 saturated heterocycles. The van der Waals surface area contributed by atoms with Crippen molar-refractivity contribution >= 4 is 5.69 Å². The van der Waals surface area contributed by atoms with Gasteiger partial charge in [-0.1, -0.05) is 0 Å². The van der Waals surface area contributed by atoms with Crippen LogP contribution in [0.3, 0.4) is 0 Å². The van der Waals surface area contributed by atoms with Crippen molar-refractivity contribution in [2.75, 3.05) is 5.73 Å². The molecule has 1 nitrogen and oxygen atoms in total. The Bertz CT molecular complexity index is 359. The van der Waals surface area contributed by atoms with E-state index in [0.717, 1.165) is 79.3 Å². The number of fused-ring (bicyclic) bond motifs is 2. The van der Waals surface area contributed by atoms with Gasteiger partial charge in [-0.15, -0.1) is 0 Å². The van der Waals surface area contributed by atoms with Crippen molar-refractivity contribution in [1.29, 1.82) is 0 Å². The van der Waals surface area contributed by atoms with Gasteiger partial charge in [0, 0.05) is 5.69 Å². The first kappa shape index (κ1) is 10.1. The van der Waals surface area contributed by atoms with Crippen LogP contribution in [0.4, 0.5) is 10.1 Å². The summed E-state index contributed by atoms with van der Waals surface area (Å²) in [5, 5.41) is 0. The van der Waals surface area contributed by atoms with E-state index in [0.29, 0.717) is 0 Å². The summed E-state index contributed by atoms with van der Waals surface area (Å²) >= 11 is 0. The second-order valence-corrected chi connectivity index (χ2v) is 5.06. The molecule has 86 valence electrons. The van der Waals surface area contributed by atoms with Gasteiger partial charge in [0.25, 0.3) is 0 Å². The molecule has 0 radical (unpaired) electrons. The summed E-state index contributed by atoms with van der Waals surface area (Å²) in [5.74, 6) is 0.0820. The molecule has 0 amide bonds. The number of anilines is 1. The minimum atomic E-state index is 0.0820. The lowest BCUT2D eigenvalue weighted by molar-refractivity contribution is 0.545. The molecule has 0 atom stereocenters. The van der Waals surface area contributed by atoms with Gasteiger partial charge in [0.2, 0.25) is 0 Å². The Morgan fingerprint density at radius 1 is 0.688 bits per heavy atom. The van der Waals surface area contributed by atoms with Gasteiger partial charge in [-0.2, -0.15) is 0 Å². The van der Waals surface area contributed by atoms with Gasteiger partial charge in [-0.25, -0.2) is 4.39 Å². The zero-order valence-electron chi connectivity index (χ0n) is 9.61. The summed E-state index contributed by atoms with van der Waals surface area (Å²) in [4.78, 5) is 0. The van der Waals surface area contributed by atoms with Gasteiger partial charge in [0.15, 0.2) is 0 Å². The highest BCUT2D eigenvalue weighted by atomic mass is 19.1. The van der Waals surface area contributed by atoms with Gasteiger partial charge < -0.3 is 5.73 Å². The molecule has 1 aromatic carbocycles. The van der Waals surface area contributed by atoms with E-state index >= 15 is 0 Å². The fraction of sp³-hybridized carbons (Fsp3) is 0.571. The van der Waals surface area contributed by atoms with Crippen molar-refractivity contribution in [3.05, 3.63) is 28.1 Å². The summed E-state index contributed by atoms with van der Waals surface area (Å²) in [7, 11) is 0. The Balaban J connectivity index is 2.24. The first-order chi connectivity index (χ1) is 7.79. The average Bonchev–Trinajstić information content (AvgIpc) is 2.36. The molecule has 0 spiro atoms. The molecule has 16 heavy (non-hydrogen) atoms. The number of benzene rings is 1. The Morgan fingerprint density at radius 2 is 1.06 bits per heavy atom. The highest BCUT2D eigenvalue weighted by Crippen LogP contribution is 2.37. The predicted molar refractivity (Wildman–Crippen MR) is 64.1 cm³/mol. The maximum Gasteiger partial charge on any atom is 0.130 e. The third-order valence-electron chi connectivity index (χ3n) is 4.12. The lowest BCUT2D eigenvalue weighted by Gasteiger charge is -2.26. The van der Waals surface area contributed by atoms with Crippen LogP contribution in [0.5, 0.6) is 0 Å². The van der Waals surface area contributed by atoms with Crippen LogP contribution in [-0.2, 0) is 25.7 Å². The SMILES string of the molecule is Nc1c2c(c(F)c3c1CCCC3)CCCC2. The fourth-order valence-corrected chi connectivity index (χ4v) is 3.25. The van der Waals surface area contributed by atoms with Crippen LogP contribution in [0.2, 0.25) is 0 Å². The number of hydrogen-bond acceptors (Lipinski definition) is 1. The van der Waals surface area contributed by atoms with Crippen LogP contribution >= 0.6 is 0 Å². The first-order valence-corrected chi connectivity index (χ1v) is 6.39. The van der Waals surface area contributed by atoms with Crippen LogP contribution in [-0.4, -0.2) is 0 Å². The van der Waals surface area contributed by atoms with Gasteiger partial charge in [-0.05, 0) is 73.6 Å². The van der Waals surface area contributed by atoms with Crippen molar-refractivity contribution in [2.24, 2.45) is 0 Å². The van der Waals surface area contributed by atoms with E-state index in [4.69, 9.17) is 5.73 Å². The van der Waals surface area contributed by atoms with Crippen molar-refractivity contribution in [3.8, 4) is 0 Å². The van der Waals surface area contributed by atoms with Crippen molar-refractivity contribution in [2.45, 2.75) is 51.4 Å². The molecule has 2 aliphatic carbocycles. The maximum absolute atomic E-state index is 14.4. The normalized spacial score (nSPS) is 19.1. The topological polar surface area (TPSA) is 26.0 Å². The standard InChI is InChI=1S/C14H18FN/c15-13-9-5-1-3-7-11(9)14(16)12-8-4-2-6-10(12)13/h1-8,16H2. The highest BCUT2D eigenvalue weighted by Gasteiger charge is 2.25. The molecule has 0 fully saturated rings. The largest absolute Gasteiger partial charge is 0.398 e. The molecular formula is C14H18FN. The zero-order chi connectivity index (χ0) is 11.1. The average molecular weight is 219 g/mol. The summed E-state index contributed by atoms with van der Waals surface area (Å²) in [6.07, 6.45) is 8.28. The van der Waals surface area contributed by atoms with Gasteiger partial charge in [0.1, 0.15) is 5.82 Å². The molecule has 2 heteroatoms. The molecule has 3 rings (SSSR count). The molecule has 2 aliphatic rings. The fourth-order valence-electron chi connectivity index (χ4n) is 3.25. The molecule has 1 aromatic rings. The quantitative estimate of drug-likeness (QED) is 0.666. The summed E-state index contributed by atoms with van der Waals surface area (Å²) in [5.41, 5.74) is 11.3. The molecule has 0 saturated carbocycles. The molecule has 0 bridgehead atoms. The van der Waals surface area contributed by atoms with E-state index in [1.807, 2.05) is 0 Å². The third-order valence-corrected chi connectivity index (χ3v) is 4.12. The minimum Gasteiger partial charge on any atom is -0.398 e. The monoisotopic (exact) mass is 219 g/mol. The van der Waals surface area contributed by atoms with Crippen LogP contribution < -0.4 is 5.73 Å². The molecule has 0 aromatic heterocycles. The number of rotatable bonds is 0. The molecule has 2 N–H and O–H groups in total. The number of nitrogen functional groups attached to an aromatic ring is 1. The Kier molecular flexibility index (Phi) is 2.38. The van der Waals surface area contributed by atoms with Crippen molar-refractivity contribution < 1.29 is 4.39 Å². The van der Waals surface area contributed by atoms with Crippen molar-refractivity contribution in [3.63, 3.8) is 0 Å². The predicted octanol–water partition coefficient (Wildman–Crippen LogP) is 3.17. The minimum absolute atomic E-state index is 0.0820. The molecular weight excluding hydrogens is 201 g/mol. The molecule has 0 aliphatic heterocycles. The van der Waals surface area contributed by atoms with Crippen LogP contribution in [0.15, 0.2) is 0 Å². The molecule has 0 heterocycles. The van der Waals surface area contributed by atoms with Gasteiger partial charge >= 0.3 is 0 Å². The summed E-state index contributed by atoms with van der Waals surface area (Å²) in [6, 6.07) is 0. The second-order valence-electron chi connectivity index (χ2n) is 5.06. The Labute approximate surface area is 95.8 Å². The van der Waals surface area contributed by atoms with E-state index in [2.05, 4.69) is 0 Å². The zero-order valence-corrected chi connectivity index (χ0v) is 9.61. The van der Waals surface area contributed by atoms with E-state index in [1.165, 1.54) is 0 Å². The highest BCUT2D eigenvalue weighted by molar-refractivity contribution is 5.62. The van der Waals surface area contributed by atoms with E-state index in [1.54, 1.807) is 0 Å². The summed E-state index contributed by atoms with van der Waals surface area (Å²) < 4.78 is 14.4. The van der Waals surface area contributed by atoms with E-state index in [9.17, 15) is 4.39 Å². The number of nitrogens with two attached hydrogens (primary N) is 1. The lowest BCUT2D eigenvalue weighted by atomic mass is 9.81. The van der Waals surface area contributed by atoms with Gasteiger partial charge in [-0.3, -0.25) is 0 Å². The number of hydrogen-bond donors (Lipinski definition) is 1. The van der Waals surface area contributed by atoms with Crippen LogP contribution in [0, 0.1) is 5.82 Å². The van der Waals surface area contributed by atoms with Crippen LogP contribution in [0.1, 0.15) is 47.9 Å². The van der Waals surface area contributed by atoms with E-state index in [-0.39, 0.29) is 5.82 Å². The van der Waals surface area contributed by atoms with Crippen molar-refractivity contribution in [1.82, 2.24) is 0 Å². The third kappa shape index (κ3) is 1.35.